The van der Waals surface area contributed by atoms with Crippen molar-refractivity contribution in [3.05, 3.63) is 71.4 Å². The number of piperazine rings is 1. The van der Waals surface area contributed by atoms with Gasteiger partial charge in [-0.2, -0.15) is 0 Å². The summed E-state index contributed by atoms with van der Waals surface area (Å²) in [6.45, 7) is 9.51. The highest BCUT2D eigenvalue weighted by molar-refractivity contribution is 6.27. The summed E-state index contributed by atoms with van der Waals surface area (Å²) in [7, 11) is 0. The molecule has 1 aromatic heterocycles. The van der Waals surface area contributed by atoms with Crippen LogP contribution >= 0.6 is 0 Å². The number of carbonyl (C=O) groups excluding carboxylic acids is 1. The highest BCUT2D eigenvalue weighted by atomic mass is 16.4. The molecule has 0 atom stereocenters. The molecule has 0 unspecified atom stereocenters. The predicted octanol–water partition coefficient (Wildman–Crippen LogP) is 2.87. The van der Waals surface area contributed by atoms with Crippen LogP contribution in [-0.2, 0) is 16.1 Å². The average Bonchev–Trinajstić information content (AvgIpc) is 3.06. The van der Waals surface area contributed by atoms with Gasteiger partial charge < -0.3 is 10.2 Å². The Hall–Kier alpha value is -3.49. The standard InChI is InChI=1S/C23H27N3O.C2H2O4/c1-18-19(2)26(22-11-7-6-10-21(18)22)23(27)17-25-14-12-24(13-15-25)16-20-8-4-3-5-9-20;3-1(4)2(5)6/h3-11H,12-17H2,1-2H3;(H,3,4)(H,5,6). The number of carboxylic acids is 2. The zero-order chi connectivity index (χ0) is 24.0. The Balaban J connectivity index is 0.000000454. The lowest BCUT2D eigenvalue weighted by atomic mass is 10.2. The molecule has 0 bridgehead atoms. The second kappa shape index (κ2) is 10.9. The molecular formula is C25H29N3O5. The number of hydrogen-bond donors (Lipinski definition) is 2. The Bertz CT molecular complexity index is 1120. The predicted molar refractivity (Wildman–Crippen MR) is 125 cm³/mol. The molecule has 8 heteroatoms. The lowest BCUT2D eigenvalue weighted by Gasteiger charge is -2.34. The molecular weight excluding hydrogens is 422 g/mol. The Kier molecular flexibility index (Phi) is 7.97. The summed E-state index contributed by atoms with van der Waals surface area (Å²) in [5.41, 5.74) is 4.64. The van der Waals surface area contributed by atoms with E-state index in [1.807, 2.05) is 29.7 Å². The topological polar surface area (TPSA) is 103 Å². The van der Waals surface area contributed by atoms with Crippen LogP contribution in [-0.4, -0.2) is 75.1 Å². The van der Waals surface area contributed by atoms with Gasteiger partial charge in [-0.1, -0.05) is 48.5 Å². The van der Waals surface area contributed by atoms with Crippen molar-refractivity contribution in [3.8, 4) is 0 Å². The summed E-state index contributed by atoms with van der Waals surface area (Å²) in [5, 5.41) is 16.0. The van der Waals surface area contributed by atoms with Gasteiger partial charge in [0.1, 0.15) is 0 Å². The Morgan fingerprint density at radius 3 is 1.94 bits per heavy atom. The third-order valence-corrected chi connectivity index (χ3v) is 5.93. The fraction of sp³-hybridized carbons (Fsp3) is 0.320. The number of carboxylic acid groups (broad SMARTS) is 2. The zero-order valence-electron chi connectivity index (χ0n) is 18.9. The molecule has 8 nitrogen and oxygen atoms in total. The van der Waals surface area contributed by atoms with Crippen LogP contribution in [0.3, 0.4) is 0 Å². The van der Waals surface area contributed by atoms with E-state index in [0.29, 0.717) is 6.54 Å². The summed E-state index contributed by atoms with van der Waals surface area (Å²) in [6, 6.07) is 18.8. The maximum Gasteiger partial charge on any atom is 0.414 e. The number of aromatic nitrogens is 1. The minimum atomic E-state index is -1.82. The molecule has 0 aliphatic carbocycles. The number of aryl methyl sites for hydroxylation is 1. The summed E-state index contributed by atoms with van der Waals surface area (Å²) in [6.07, 6.45) is 0. The molecule has 3 aromatic rings. The van der Waals surface area contributed by atoms with E-state index in [1.165, 1.54) is 16.5 Å². The van der Waals surface area contributed by atoms with Crippen LogP contribution in [0, 0.1) is 13.8 Å². The third-order valence-electron chi connectivity index (χ3n) is 5.93. The second-order valence-corrected chi connectivity index (χ2v) is 8.10. The van der Waals surface area contributed by atoms with E-state index >= 15 is 0 Å². The Labute approximate surface area is 192 Å². The first-order chi connectivity index (χ1) is 15.8. The molecule has 4 rings (SSSR count). The number of nitrogens with zero attached hydrogens (tertiary/aromatic N) is 3. The first kappa shape index (κ1) is 24.2. The van der Waals surface area contributed by atoms with Gasteiger partial charge >= 0.3 is 11.9 Å². The number of para-hydroxylation sites is 1. The summed E-state index contributed by atoms with van der Waals surface area (Å²) in [4.78, 5) is 36.0. The van der Waals surface area contributed by atoms with Gasteiger partial charge in [-0.05, 0) is 31.0 Å². The molecule has 2 heterocycles. The van der Waals surface area contributed by atoms with Gasteiger partial charge in [0.15, 0.2) is 0 Å². The molecule has 174 valence electrons. The first-order valence-corrected chi connectivity index (χ1v) is 10.8. The number of benzene rings is 2. The van der Waals surface area contributed by atoms with E-state index < -0.39 is 11.9 Å². The van der Waals surface area contributed by atoms with E-state index in [9.17, 15) is 4.79 Å². The molecule has 1 fully saturated rings. The zero-order valence-corrected chi connectivity index (χ0v) is 18.9. The number of aliphatic carboxylic acids is 2. The molecule has 0 radical (unpaired) electrons. The van der Waals surface area contributed by atoms with Crippen molar-refractivity contribution in [3.63, 3.8) is 0 Å². The normalized spacial score (nSPS) is 14.5. The van der Waals surface area contributed by atoms with Gasteiger partial charge in [0.2, 0.25) is 5.91 Å². The summed E-state index contributed by atoms with van der Waals surface area (Å²) in [5.74, 6) is -3.47. The SMILES string of the molecule is Cc1c(C)n(C(=O)CN2CCN(Cc3ccccc3)CC2)c2ccccc12.O=C(O)C(=O)O. The average molecular weight is 452 g/mol. The highest BCUT2D eigenvalue weighted by Crippen LogP contribution is 2.25. The molecule has 33 heavy (non-hydrogen) atoms. The van der Waals surface area contributed by atoms with E-state index in [0.717, 1.165) is 43.9 Å². The molecule has 1 aliphatic heterocycles. The van der Waals surface area contributed by atoms with Gasteiger partial charge in [-0.3, -0.25) is 19.2 Å². The fourth-order valence-corrected chi connectivity index (χ4v) is 4.06. The van der Waals surface area contributed by atoms with Gasteiger partial charge in [0.25, 0.3) is 0 Å². The van der Waals surface area contributed by atoms with Gasteiger partial charge in [-0.25, -0.2) is 9.59 Å². The molecule has 2 aromatic carbocycles. The smallest absolute Gasteiger partial charge is 0.414 e. The summed E-state index contributed by atoms with van der Waals surface area (Å²) >= 11 is 0. The van der Waals surface area contributed by atoms with Crippen LogP contribution in [0.25, 0.3) is 10.9 Å². The molecule has 2 N–H and O–H groups in total. The Morgan fingerprint density at radius 2 is 1.33 bits per heavy atom. The van der Waals surface area contributed by atoms with Crippen LogP contribution in [0.4, 0.5) is 0 Å². The molecule has 0 spiro atoms. The van der Waals surface area contributed by atoms with Crippen molar-refractivity contribution in [1.29, 1.82) is 0 Å². The van der Waals surface area contributed by atoms with Crippen molar-refractivity contribution in [2.75, 3.05) is 32.7 Å². The van der Waals surface area contributed by atoms with Crippen LogP contribution in [0.1, 0.15) is 21.6 Å². The molecule has 0 amide bonds. The number of fused-ring (bicyclic) bond motifs is 1. The lowest BCUT2D eigenvalue weighted by Crippen LogP contribution is -2.48. The van der Waals surface area contributed by atoms with E-state index in [1.54, 1.807) is 0 Å². The van der Waals surface area contributed by atoms with Crippen LogP contribution in [0.5, 0.6) is 0 Å². The van der Waals surface area contributed by atoms with Crippen molar-refractivity contribution < 1.29 is 24.6 Å². The van der Waals surface area contributed by atoms with Crippen molar-refractivity contribution in [1.82, 2.24) is 14.4 Å². The maximum atomic E-state index is 13.0. The largest absolute Gasteiger partial charge is 0.473 e. The number of hydrogen-bond acceptors (Lipinski definition) is 5. The van der Waals surface area contributed by atoms with Crippen LogP contribution < -0.4 is 0 Å². The van der Waals surface area contributed by atoms with E-state index in [4.69, 9.17) is 19.8 Å². The third kappa shape index (κ3) is 6.06. The first-order valence-electron chi connectivity index (χ1n) is 10.8. The van der Waals surface area contributed by atoms with E-state index in [2.05, 4.69) is 53.1 Å². The van der Waals surface area contributed by atoms with Gasteiger partial charge in [-0.15, -0.1) is 0 Å². The minimum Gasteiger partial charge on any atom is -0.473 e. The Morgan fingerprint density at radius 1 is 0.788 bits per heavy atom. The van der Waals surface area contributed by atoms with Crippen LogP contribution in [0.15, 0.2) is 54.6 Å². The monoisotopic (exact) mass is 451 g/mol. The minimum absolute atomic E-state index is 0.174. The van der Waals surface area contributed by atoms with Gasteiger partial charge in [0.05, 0.1) is 12.1 Å². The highest BCUT2D eigenvalue weighted by Gasteiger charge is 2.22. The van der Waals surface area contributed by atoms with Crippen molar-refractivity contribution in [2.24, 2.45) is 0 Å². The van der Waals surface area contributed by atoms with Crippen LogP contribution in [0.2, 0.25) is 0 Å². The van der Waals surface area contributed by atoms with Gasteiger partial charge in [0, 0.05) is 43.8 Å². The van der Waals surface area contributed by atoms with Crippen molar-refractivity contribution >= 4 is 28.7 Å². The lowest BCUT2D eigenvalue weighted by molar-refractivity contribution is -0.159. The number of rotatable bonds is 4. The molecule has 0 saturated carbocycles. The number of carbonyl (C=O) groups is 3. The molecule has 1 saturated heterocycles. The summed E-state index contributed by atoms with van der Waals surface area (Å²) < 4.78 is 1.90. The van der Waals surface area contributed by atoms with Crippen molar-refractivity contribution in [2.45, 2.75) is 20.4 Å². The van der Waals surface area contributed by atoms with E-state index in [-0.39, 0.29) is 5.91 Å². The molecule has 1 aliphatic rings. The fourth-order valence-electron chi connectivity index (χ4n) is 4.06. The second-order valence-electron chi connectivity index (χ2n) is 8.10. The maximum absolute atomic E-state index is 13.0. The quantitative estimate of drug-likeness (QED) is 0.588.